The maximum Gasteiger partial charge on any atom is 0.242 e. The minimum absolute atomic E-state index is 0.0163. The van der Waals surface area contributed by atoms with Gasteiger partial charge in [0.05, 0.1) is 23.9 Å². The monoisotopic (exact) mass is 437 g/mol. The van der Waals surface area contributed by atoms with Gasteiger partial charge in [0.25, 0.3) is 0 Å². The predicted molar refractivity (Wildman–Crippen MR) is 123 cm³/mol. The van der Waals surface area contributed by atoms with E-state index in [1.54, 1.807) is 31.4 Å². The lowest BCUT2D eigenvalue weighted by Gasteiger charge is -2.30. The number of para-hydroxylation sites is 2. The van der Waals surface area contributed by atoms with Gasteiger partial charge in [-0.25, -0.2) is 4.98 Å². The molecule has 0 radical (unpaired) electrons. The second-order valence-corrected chi connectivity index (χ2v) is 8.92. The molecule has 1 aliphatic rings. The summed E-state index contributed by atoms with van der Waals surface area (Å²) >= 11 is 1.38. The number of imidazole rings is 1. The number of benzene rings is 2. The molecule has 31 heavy (non-hydrogen) atoms. The Morgan fingerprint density at radius 1 is 1.10 bits per heavy atom. The van der Waals surface area contributed by atoms with Crippen molar-refractivity contribution in [3.05, 3.63) is 54.1 Å². The highest BCUT2D eigenvalue weighted by Crippen LogP contribution is 2.26. The first kappa shape index (κ1) is 21.4. The van der Waals surface area contributed by atoms with Gasteiger partial charge in [0, 0.05) is 18.7 Å². The van der Waals surface area contributed by atoms with E-state index in [9.17, 15) is 9.59 Å². The maximum atomic E-state index is 13.0. The van der Waals surface area contributed by atoms with Gasteiger partial charge >= 0.3 is 0 Å². The molecule has 1 aromatic heterocycles. The van der Waals surface area contributed by atoms with Crippen LogP contribution < -0.4 is 4.74 Å². The molecule has 1 saturated heterocycles. The number of ether oxygens (including phenoxy) is 1. The molecule has 6 nitrogen and oxygen atoms in total. The standard InChI is InChI=1S/C24H27N3O3S/c1-17-11-13-26(14-12-17)23(29)15-27-21-6-4-3-5-20(21)25-24(27)31-16-22(28)18-7-9-19(30-2)10-8-18/h3-10,17H,11-16H2,1-2H3. The van der Waals surface area contributed by atoms with Crippen LogP contribution in [0.1, 0.15) is 30.1 Å². The summed E-state index contributed by atoms with van der Waals surface area (Å²) in [4.78, 5) is 32.3. The predicted octanol–water partition coefficient (Wildman–Crippen LogP) is 4.28. The molecule has 0 aliphatic carbocycles. The number of Topliss-reactive ketones (excluding diaryl/α,β-unsaturated/α-hetero) is 1. The Morgan fingerprint density at radius 2 is 1.81 bits per heavy atom. The highest BCUT2D eigenvalue weighted by Gasteiger charge is 2.23. The quantitative estimate of drug-likeness (QED) is 0.408. The topological polar surface area (TPSA) is 64.4 Å². The van der Waals surface area contributed by atoms with E-state index < -0.39 is 0 Å². The van der Waals surface area contributed by atoms with Crippen molar-refractivity contribution < 1.29 is 14.3 Å². The molecule has 0 atom stereocenters. The number of piperidine rings is 1. The number of amides is 1. The first-order valence-corrected chi connectivity index (χ1v) is 11.6. The second kappa shape index (κ2) is 9.56. The Labute approximate surface area is 186 Å². The summed E-state index contributed by atoms with van der Waals surface area (Å²) in [5.41, 5.74) is 2.39. The molecular formula is C24H27N3O3S. The molecule has 0 spiro atoms. The zero-order valence-corrected chi connectivity index (χ0v) is 18.7. The summed E-state index contributed by atoms with van der Waals surface area (Å²) in [6, 6.07) is 14.9. The molecule has 0 saturated carbocycles. The van der Waals surface area contributed by atoms with Crippen molar-refractivity contribution in [1.29, 1.82) is 0 Å². The number of ketones is 1. The van der Waals surface area contributed by atoms with Crippen LogP contribution in [-0.2, 0) is 11.3 Å². The van der Waals surface area contributed by atoms with Crippen molar-refractivity contribution in [2.24, 2.45) is 5.92 Å². The first-order valence-electron chi connectivity index (χ1n) is 10.6. The highest BCUT2D eigenvalue weighted by molar-refractivity contribution is 7.99. The molecule has 1 fully saturated rings. The van der Waals surface area contributed by atoms with Crippen LogP contribution >= 0.6 is 11.8 Å². The van der Waals surface area contributed by atoms with Crippen molar-refractivity contribution >= 4 is 34.5 Å². The van der Waals surface area contributed by atoms with Crippen LogP contribution in [0.4, 0.5) is 0 Å². The lowest BCUT2D eigenvalue weighted by atomic mass is 9.99. The van der Waals surface area contributed by atoms with Crippen molar-refractivity contribution in [2.45, 2.75) is 31.5 Å². The van der Waals surface area contributed by atoms with Gasteiger partial charge in [0.15, 0.2) is 10.9 Å². The van der Waals surface area contributed by atoms with Crippen molar-refractivity contribution in [1.82, 2.24) is 14.5 Å². The number of thioether (sulfide) groups is 1. The van der Waals surface area contributed by atoms with Crippen molar-refractivity contribution in [3.63, 3.8) is 0 Å². The average Bonchev–Trinajstić information content (AvgIpc) is 3.15. The number of carbonyl (C=O) groups excluding carboxylic acids is 2. The van der Waals surface area contributed by atoms with E-state index in [2.05, 4.69) is 6.92 Å². The minimum Gasteiger partial charge on any atom is -0.497 e. The van der Waals surface area contributed by atoms with E-state index in [1.165, 1.54) is 11.8 Å². The maximum absolute atomic E-state index is 13.0. The molecule has 3 aromatic rings. The average molecular weight is 438 g/mol. The number of aromatic nitrogens is 2. The van der Waals surface area contributed by atoms with E-state index >= 15 is 0 Å². The lowest BCUT2D eigenvalue weighted by molar-refractivity contribution is -0.133. The van der Waals surface area contributed by atoms with Gasteiger partial charge in [-0.15, -0.1) is 0 Å². The Kier molecular flexibility index (Phi) is 6.61. The molecule has 0 bridgehead atoms. The lowest BCUT2D eigenvalue weighted by Crippen LogP contribution is -2.39. The normalized spacial score (nSPS) is 14.7. The zero-order valence-electron chi connectivity index (χ0n) is 17.9. The Morgan fingerprint density at radius 3 is 2.52 bits per heavy atom. The fraction of sp³-hybridized carbons (Fsp3) is 0.375. The number of hydrogen-bond donors (Lipinski definition) is 0. The van der Waals surface area contributed by atoms with E-state index in [4.69, 9.17) is 9.72 Å². The molecule has 0 N–H and O–H groups in total. The van der Waals surface area contributed by atoms with Crippen LogP contribution in [0.15, 0.2) is 53.7 Å². The van der Waals surface area contributed by atoms with Gasteiger partial charge in [-0.1, -0.05) is 30.8 Å². The number of nitrogens with zero attached hydrogens (tertiary/aromatic N) is 3. The number of hydrogen-bond acceptors (Lipinski definition) is 5. The van der Waals surface area contributed by atoms with Gasteiger partial charge in [-0.2, -0.15) is 0 Å². The van der Waals surface area contributed by atoms with Crippen LogP contribution in [0.5, 0.6) is 5.75 Å². The van der Waals surface area contributed by atoms with Gasteiger partial charge in [0.2, 0.25) is 5.91 Å². The fourth-order valence-electron chi connectivity index (χ4n) is 3.80. The largest absolute Gasteiger partial charge is 0.497 e. The van der Waals surface area contributed by atoms with Crippen LogP contribution in [0, 0.1) is 5.92 Å². The Balaban J connectivity index is 1.50. The highest BCUT2D eigenvalue weighted by atomic mass is 32.2. The molecule has 1 aliphatic heterocycles. The molecule has 162 valence electrons. The molecule has 7 heteroatoms. The van der Waals surface area contributed by atoms with E-state index in [0.717, 1.165) is 42.7 Å². The van der Waals surface area contributed by atoms with Crippen LogP contribution in [0.25, 0.3) is 11.0 Å². The summed E-state index contributed by atoms with van der Waals surface area (Å²) < 4.78 is 7.10. The molecule has 1 amide bonds. The smallest absolute Gasteiger partial charge is 0.242 e. The van der Waals surface area contributed by atoms with Crippen LogP contribution in [0.3, 0.4) is 0 Å². The van der Waals surface area contributed by atoms with Crippen molar-refractivity contribution in [2.75, 3.05) is 26.0 Å². The van der Waals surface area contributed by atoms with Crippen LogP contribution in [-0.4, -0.2) is 52.1 Å². The third-order valence-corrected chi connectivity index (χ3v) is 6.77. The van der Waals surface area contributed by atoms with Gasteiger partial charge < -0.3 is 14.2 Å². The fourth-order valence-corrected chi connectivity index (χ4v) is 4.71. The first-order chi connectivity index (χ1) is 15.0. The third kappa shape index (κ3) is 4.93. The summed E-state index contributed by atoms with van der Waals surface area (Å²) in [5.74, 6) is 1.77. The summed E-state index contributed by atoms with van der Waals surface area (Å²) in [5, 5.41) is 0.696. The number of carbonyl (C=O) groups is 2. The summed E-state index contributed by atoms with van der Waals surface area (Å²) in [6.45, 7) is 4.10. The molecular weight excluding hydrogens is 410 g/mol. The number of rotatable bonds is 7. The third-order valence-electron chi connectivity index (χ3n) is 5.79. The van der Waals surface area contributed by atoms with E-state index in [-0.39, 0.29) is 24.0 Å². The molecule has 0 unspecified atom stereocenters. The summed E-state index contributed by atoms with van der Waals surface area (Å²) in [7, 11) is 1.60. The van der Waals surface area contributed by atoms with E-state index in [0.29, 0.717) is 16.6 Å². The van der Waals surface area contributed by atoms with Crippen LogP contribution in [0.2, 0.25) is 0 Å². The SMILES string of the molecule is COc1ccc(C(=O)CSc2nc3ccccc3n2CC(=O)N2CCC(C)CC2)cc1. The number of methoxy groups -OCH3 is 1. The second-order valence-electron chi connectivity index (χ2n) is 7.97. The summed E-state index contributed by atoms with van der Waals surface area (Å²) in [6.07, 6.45) is 2.10. The Hall–Kier alpha value is -2.80. The molecule has 2 aromatic carbocycles. The zero-order chi connectivity index (χ0) is 21.8. The molecule has 2 heterocycles. The number of likely N-dealkylation sites (tertiary alicyclic amines) is 1. The van der Waals surface area contributed by atoms with Crippen molar-refractivity contribution in [3.8, 4) is 5.75 Å². The minimum atomic E-state index is 0.0163. The Bertz CT molecular complexity index is 1070. The van der Waals surface area contributed by atoms with Gasteiger partial charge in [0.1, 0.15) is 12.3 Å². The van der Waals surface area contributed by atoms with E-state index in [1.807, 2.05) is 33.7 Å². The van der Waals surface area contributed by atoms with Gasteiger partial charge in [-0.3, -0.25) is 9.59 Å². The number of fused-ring (bicyclic) bond motifs is 1. The molecule has 4 rings (SSSR count). The van der Waals surface area contributed by atoms with Gasteiger partial charge in [-0.05, 0) is 55.2 Å².